The Morgan fingerprint density at radius 3 is 3.00 bits per heavy atom. The van der Waals surface area contributed by atoms with E-state index < -0.39 is 0 Å². The highest BCUT2D eigenvalue weighted by Crippen LogP contribution is 2.16. The number of ether oxygens (including phenoxy) is 1. The van der Waals surface area contributed by atoms with E-state index >= 15 is 0 Å². The number of benzene rings is 1. The van der Waals surface area contributed by atoms with Crippen LogP contribution in [-0.4, -0.2) is 28.0 Å². The predicted octanol–water partition coefficient (Wildman–Crippen LogP) is 2.98. The van der Waals surface area contributed by atoms with Gasteiger partial charge < -0.3 is 4.74 Å². The van der Waals surface area contributed by atoms with Gasteiger partial charge in [0.1, 0.15) is 6.33 Å². The van der Waals surface area contributed by atoms with E-state index in [-0.39, 0.29) is 0 Å². The van der Waals surface area contributed by atoms with E-state index in [1.807, 2.05) is 16.8 Å². The molecule has 5 heteroatoms. The largest absolute Gasteiger partial charge is 0.380 e. The minimum absolute atomic E-state index is 0.683. The van der Waals surface area contributed by atoms with Gasteiger partial charge in [0.25, 0.3) is 0 Å². The van der Waals surface area contributed by atoms with E-state index in [4.69, 9.17) is 4.74 Å². The van der Waals surface area contributed by atoms with E-state index in [1.54, 1.807) is 6.33 Å². The van der Waals surface area contributed by atoms with Gasteiger partial charge in [-0.25, -0.2) is 4.98 Å². The molecule has 0 saturated carbocycles. The molecule has 0 aliphatic heterocycles. The van der Waals surface area contributed by atoms with Crippen molar-refractivity contribution in [2.24, 2.45) is 0 Å². The summed E-state index contributed by atoms with van der Waals surface area (Å²) in [6, 6.07) is 8.17. The molecule has 2 rings (SSSR count). The van der Waals surface area contributed by atoms with Crippen LogP contribution in [0.1, 0.15) is 13.3 Å². The van der Waals surface area contributed by atoms with Crippen LogP contribution in [0.2, 0.25) is 0 Å². The van der Waals surface area contributed by atoms with Gasteiger partial charge >= 0.3 is 0 Å². The zero-order chi connectivity index (χ0) is 12.8. The Labute approximate surface area is 121 Å². The predicted molar refractivity (Wildman–Crippen MR) is 79.3 cm³/mol. The second-order valence-corrected chi connectivity index (χ2v) is 5.20. The Kier molecular flexibility index (Phi) is 5.12. The lowest BCUT2D eigenvalue weighted by Gasteiger charge is -2.01. The molecule has 18 heavy (non-hydrogen) atoms. The number of hydrogen-bond acceptors (Lipinski definition) is 3. The van der Waals surface area contributed by atoms with Crippen LogP contribution in [0.5, 0.6) is 0 Å². The first-order valence-corrected chi connectivity index (χ1v) is 7.10. The molecule has 1 heterocycles. The molecule has 0 N–H and O–H groups in total. The van der Waals surface area contributed by atoms with Gasteiger partial charge in [-0.3, -0.25) is 4.68 Å². The zero-order valence-electron chi connectivity index (χ0n) is 10.3. The smallest absolute Gasteiger partial charge is 0.181 e. The standard InChI is InChI=1S/C13H16IN3O/c1-2-7-18-8-6-17-10-15-13(16-17)11-4-3-5-12(14)9-11/h3-5,9-10H,2,6-8H2,1H3. The third-order valence-corrected chi connectivity index (χ3v) is 3.10. The molecule has 0 fully saturated rings. The van der Waals surface area contributed by atoms with Gasteiger partial charge in [0.15, 0.2) is 5.82 Å². The van der Waals surface area contributed by atoms with Crippen LogP contribution in [-0.2, 0) is 11.3 Å². The van der Waals surface area contributed by atoms with Gasteiger partial charge in [-0.15, -0.1) is 0 Å². The summed E-state index contributed by atoms with van der Waals surface area (Å²) in [7, 11) is 0. The average Bonchev–Trinajstić information content (AvgIpc) is 2.83. The van der Waals surface area contributed by atoms with Crippen LogP contribution in [0.25, 0.3) is 11.4 Å². The third kappa shape index (κ3) is 3.78. The van der Waals surface area contributed by atoms with Crippen LogP contribution < -0.4 is 0 Å². The number of halogens is 1. The first-order chi connectivity index (χ1) is 8.79. The summed E-state index contributed by atoms with van der Waals surface area (Å²) in [6.07, 6.45) is 2.80. The Bertz CT molecular complexity index is 498. The summed E-state index contributed by atoms with van der Waals surface area (Å²) >= 11 is 2.29. The lowest BCUT2D eigenvalue weighted by atomic mass is 10.2. The lowest BCUT2D eigenvalue weighted by Crippen LogP contribution is -2.07. The molecule has 1 aromatic heterocycles. The quantitative estimate of drug-likeness (QED) is 0.590. The van der Waals surface area contributed by atoms with Crippen LogP contribution in [0.15, 0.2) is 30.6 Å². The van der Waals surface area contributed by atoms with Crippen molar-refractivity contribution in [2.75, 3.05) is 13.2 Å². The van der Waals surface area contributed by atoms with Gasteiger partial charge in [0.05, 0.1) is 13.2 Å². The van der Waals surface area contributed by atoms with Crippen molar-refractivity contribution in [3.8, 4) is 11.4 Å². The van der Waals surface area contributed by atoms with Crippen molar-refractivity contribution in [3.05, 3.63) is 34.2 Å². The SMILES string of the molecule is CCCOCCn1cnc(-c2cccc(I)c2)n1. The molecule has 0 aliphatic carbocycles. The molecule has 0 unspecified atom stereocenters. The Morgan fingerprint density at radius 1 is 1.33 bits per heavy atom. The Morgan fingerprint density at radius 2 is 2.22 bits per heavy atom. The fourth-order valence-corrected chi connectivity index (χ4v) is 2.11. The summed E-state index contributed by atoms with van der Waals surface area (Å²) in [6.45, 7) is 4.34. The highest BCUT2D eigenvalue weighted by molar-refractivity contribution is 14.1. The fourth-order valence-electron chi connectivity index (χ4n) is 1.57. The van der Waals surface area contributed by atoms with Crippen molar-refractivity contribution >= 4 is 22.6 Å². The van der Waals surface area contributed by atoms with Crippen LogP contribution in [0.4, 0.5) is 0 Å². The highest BCUT2D eigenvalue weighted by atomic mass is 127. The number of aromatic nitrogens is 3. The third-order valence-electron chi connectivity index (χ3n) is 2.43. The topological polar surface area (TPSA) is 39.9 Å². The van der Waals surface area contributed by atoms with Crippen LogP contribution in [0.3, 0.4) is 0 Å². The minimum Gasteiger partial charge on any atom is -0.380 e. The molecule has 2 aromatic rings. The highest BCUT2D eigenvalue weighted by Gasteiger charge is 2.04. The molecule has 0 amide bonds. The first kappa shape index (κ1) is 13.5. The maximum absolute atomic E-state index is 5.43. The zero-order valence-corrected chi connectivity index (χ0v) is 12.5. The lowest BCUT2D eigenvalue weighted by molar-refractivity contribution is 0.124. The summed E-state index contributed by atoms with van der Waals surface area (Å²) in [5.41, 5.74) is 1.05. The molecule has 0 saturated heterocycles. The van der Waals surface area contributed by atoms with Gasteiger partial charge in [-0.2, -0.15) is 5.10 Å². The van der Waals surface area contributed by atoms with Crippen molar-refractivity contribution in [1.82, 2.24) is 14.8 Å². The number of nitrogens with zero attached hydrogens (tertiary/aromatic N) is 3. The summed E-state index contributed by atoms with van der Waals surface area (Å²) in [5.74, 6) is 0.768. The minimum atomic E-state index is 0.683. The summed E-state index contributed by atoms with van der Waals surface area (Å²) in [5, 5.41) is 4.44. The van der Waals surface area contributed by atoms with Gasteiger partial charge in [0, 0.05) is 15.7 Å². The average molecular weight is 357 g/mol. The van der Waals surface area contributed by atoms with E-state index in [9.17, 15) is 0 Å². The van der Waals surface area contributed by atoms with E-state index in [2.05, 4.69) is 51.7 Å². The summed E-state index contributed by atoms with van der Waals surface area (Å²) in [4.78, 5) is 4.32. The van der Waals surface area contributed by atoms with Gasteiger partial charge in [-0.05, 0) is 41.1 Å². The Balaban J connectivity index is 1.97. The Hall–Kier alpha value is -0.950. The van der Waals surface area contributed by atoms with Crippen molar-refractivity contribution in [3.63, 3.8) is 0 Å². The van der Waals surface area contributed by atoms with Gasteiger partial charge in [0.2, 0.25) is 0 Å². The van der Waals surface area contributed by atoms with Crippen molar-refractivity contribution in [2.45, 2.75) is 19.9 Å². The second kappa shape index (κ2) is 6.84. The molecule has 96 valence electrons. The summed E-state index contributed by atoms with van der Waals surface area (Å²) < 4.78 is 8.44. The van der Waals surface area contributed by atoms with Crippen molar-refractivity contribution < 1.29 is 4.74 Å². The van der Waals surface area contributed by atoms with E-state index in [0.29, 0.717) is 6.61 Å². The molecule has 4 nitrogen and oxygen atoms in total. The maximum atomic E-state index is 5.43. The van der Waals surface area contributed by atoms with E-state index in [1.165, 1.54) is 3.57 Å². The van der Waals surface area contributed by atoms with E-state index in [0.717, 1.165) is 31.0 Å². The molecular weight excluding hydrogens is 341 g/mol. The molecule has 0 aliphatic rings. The molecule has 0 radical (unpaired) electrons. The molecule has 0 bridgehead atoms. The second-order valence-electron chi connectivity index (χ2n) is 3.95. The maximum Gasteiger partial charge on any atom is 0.181 e. The molecule has 0 atom stereocenters. The monoisotopic (exact) mass is 357 g/mol. The molecule has 0 spiro atoms. The normalized spacial score (nSPS) is 10.8. The van der Waals surface area contributed by atoms with Crippen LogP contribution in [0, 0.1) is 3.57 Å². The molecule has 1 aromatic carbocycles. The first-order valence-electron chi connectivity index (χ1n) is 6.02. The van der Waals surface area contributed by atoms with Crippen molar-refractivity contribution in [1.29, 1.82) is 0 Å². The fraction of sp³-hybridized carbons (Fsp3) is 0.385. The number of rotatable bonds is 6. The van der Waals surface area contributed by atoms with Crippen LogP contribution >= 0.6 is 22.6 Å². The number of hydrogen-bond donors (Lipinski definition) is 0. The molecular formula is C13H16IN3O. The van der Waals surface area contributed by atoms with Gasteiger partial charge in [-0.1, -0.05) is 19.1 Å².